The van der Waals surface area contributed by atoms with Gasteiger partial charge in [0.25, 0.3) is 0 Å². The molecule has 1 heterocycles. The molecule has 0 spiro atoms. The highest BCUT2D eigenvalue weighted by Crippen LogP contribution is 2.20. The Labute approximate surface area is 98.0 Å². The van der Waals surface area contributed by atoms with Crippen LogP contribution in [-0.2, 0) is 9.53 Å². The van der Waals surface area contributed by atoms with Crippen molar-refractivity contribution < 1.29 is 18.7 Å². The summed E-state index contributed by atoms with van der Waals surface area (Å²) in [6.07, 6.45) is -0.607. The number of ether oxygens (including phenoxy) is 1. The number of carbonyl (C=O) groups excluding carboxylic acids is 2. The minimum atomic E-state index is -0.607. The topological polar surface area (TPSA) is 46.6 Å². The smallest absolute Gasteiger partial charge is 0.416 e. The first-order valence-electron chi connectivity index (χ1n) is 5.33. The zero-order chi connectivity index (χ0) is 12.4. The highest BCUT2D eigenvalue weighted by atomic mass is 19.1. The van der Waals surface area contributed by atoms with Gasteiger partial charge in [-0.25, -0.2) is 14.1 Å². The second-order valence-corrected chi connectivity index (χ2v) is 3.88. The highest BCUT2D eigenvalue weighted by Gasteiger charge is 2.31. The third kappa shape index (κ3) is 2.27. The van der Waals surface area contributed by atoms with Crippen molar-refractivity contribution in [2.24, 2.45) is 0 Å². The molecule has 90 valence electrons. The molecule has 2 rings (SSSR count). The van der Waals surface area contributed by atoms with Gasteiger partial charge in [-0.3, -0.25) is 4.79 Å². The quantitative estimate of drug-likeness (QED) is 0.789. The van der Waals surface area contributed by atoms with E-state index in [1.807, 2.05) is 0 Å². The monoisotopic (exact) mass is 237 g/mol. The SMILES string of the molecule is C[C@H](C(=O)N1CCOC1=O)c1ccc(F)cc1. The van der Waals surface area contributed by atoms with Crippen LogP contribution in [0.4, 0.5) is 9.18 Å². The molecule has 2 amide bonds. The molecule has 5 heteroatoms. The van der Waals surface area contributed by atoms with E-state index in [1.54, 1.807) is 19.1 Å². The van der Waals surface area contributed by atoms with Gasteiger partial charge < -0.3 is 4.74 Å². The van der Waals surface area contributed by atoms with Gasteiger partial charge in [0.2, 0.25) is 5.91 Å². The number of imide groups is 1. The first-order chi connectivity index (χ1) is 8.09. The predicted molar refractivity (Wildman–Crippen MR) is 57.9 cm³/mol. The van der Waals surface area contributed by atoms with Crippen LogP contribution in [0.2, 0.25) is 0 Å². The van der Waals surface area contributed by atoms with Crippen molar-refractivity contribution in [2.45, 2.75) is 12.8 Å². The summed E-state index contributed by atoms with van der Waals surface area (Å²) < 4.78 is 17.4. The summed E-state index contributed by atoms with van der Waals surface area (Å²) in [5, 5.41) is 0. The fourth-order valence-electron chi connectivity index (χ4n) is 1.72. The van der Waals surface area contributed by atoms with E-state index in [-0.39, 0.29) is 24.9 Å². The number of cyclic esters (lactones) is 1. The number of hydrogen-bond acceptors (Lipinski definition) is 3. The second kappa shape index (κ2) is 4.53. The molecule has 1 saturated heterocycles. The van der Waals surface area contributed by atoms with E-state index in [1.165, 1.54) is 12.1 Å². The Morgan fingerprint density at radius 1 is 1.41 bits per heavy atom. The Bertz CT molecular complexity index is 444. The Morgan fingerprint density at radius 3 is 2.59 bits per heavy atom. The maximum Gasteiger partial charge on any atom is 0.416 e. The molecule has 0 aliphatic carbocycles. The van der Waals surface area contributed by atoms with Crippen LogP contribution >= 0.6 is 0 Å². The van der Waals surface area contributed by atoms with Crippen LogP contribution in [0.1, 0.15) is 18.4 Å². The molecule has 17 heavy (non-hydrogen) atoms. The molecule has 0 radical (unpaired) electrons. The fraction of sp³-hybridized carbons (Fsp3) is 0.333. The van der Waals surface area contributed by atoms with Crippen molar-refractivity contribution in [2.75, 3.05) is 13.2 Å². The van der Waals surface area contributed by atoms with Gasteiger partial charge in [-0.2, -0.15) is 0 Å². The lowest BCUT2D eigenvalue weighted by atomic mass is 10.00. The zero-order valence-electron chi connectivity index (χ0n) is 9.35. The molecular formula is C12H12FNO3. The molecule has 1 aromatic rings. The highest BCUT2D eigenvalue weighted by molar-refractivity contribution is 5.96. The Kier molecular flexibility index (Phi) is 3.08. The molecule has 0 aromatic heterocycles. The first-order valence-corrected chi connectivity index (χ1v) is 5.33. The molecule has 4 nitrogen and oxygen atoms in total. The van der Waals surface area contributed by atoms with E-state index in [4.69, 9.17) is 4.74 Å². The summed E-state index contributed by atoms with van der Waals surface area (Å²) in [6.45, 7) is 2.20. The van der Waals surface area contributed by atoms with Gasteiger partial charge in [-0.15, -0.1) is 0 Å². The lowest BCUT2D eigenvalue weighted by Crippen LogP contribution is -2.34. The number of carbonyl (C=O) groups is 2. The van der Waals surface area contributed by atoms with E-state index in [9.17, 15) is 14.0 Å². The number of halogens is 1. The van der Waals surface area contributed by atoms with E-state index >= 15 is 0 Å². The molecule has 1 fully saturated rings. The van der Waals surface area contributed by atoms with Gasteiger partial charge >= 0.3 is 6.09 Å². The average molecular weight is 237 g/mol. The van der Waals surface area contributed by atoms with Crippen molar-refractivity contribution in [3.63, 3.8) is 0 Å². The summed E-state index contributed by atoms with van der Waals surface area (Å²) >= 11 is 0. The van der Waals surface area contributed by atoms with E-state index in [0.717, 1.165) is 4.90 Å². The molecule has 1 aromatic carbocycles. The summed E-state index contributed by atoms with van der Waals surface area (Å²) in [5.74, 6) is -1.16. The standard InChI is InChI=1S/C12H12FNO3/c1-8(9-2-4-10(13)5-3-9)11(15)14-6-7-17-12(14)16/h2-5,8H,6-7H2,1H3/t8-/m0/s1. The minimum Gasteiger partial charge on any atom is -0.447 e. The lowest BCUT2D eigenvalue weighted by molar-refractivity contribution is -0.128. The molecule has 0 N–H and O–H groups in total. The molecule has 1 atom stereocenters. The predicted octanol–water partition coefficient (Wildman–Crippen LogP) is 1.91. The average Bonchev–Trinajstić information content (AvgIpc) is 2.74. The maximum absolute atomic E-state index is 12.7. The van der Waals surface area contributed by atoms with Gasteiger partial charge in [-0.05, 0) is 24.6 Å². The first kappa shape index (κ1) is 11.6. The largest absolute Gasteiger partial charge is 0.447 e. The van der Waals surface area contributed by atoms with Crippen molar-refractivity contribution in [1.82, 2.24) is 4.90 Å². The van der Waals surface area contributed by atoms with Gasteiger partial charge in [-0.1, -0.05) is 12.1 Å². The number of rotatable bonds is 2. The van der Waals surface area contributed by atoms with Crippen LogP contribution in [0.3, 0.4) is 0 Å². The van der Waals surface area contributed by atoms with Crippen LogP contribution in [0, 0.1) is 5.82 Å². The maximum atomic E-state index is 12.7. The van der Waals surface area contributed by atoms with Crippen LogP contribution in [0.25, 0.3) is 0 Å². The fourth-order valence-corrected chi connectivity index (χ4v) is 1.72. The van der Waals surface area contributed by atoms with Crippen LogP contribution in [0.5, 0.6) is 0 Å². The van der Waals surface area contributed by atoms with E-state index in [2.05, 4.69) is 0 Å². The summed E-state index contributed by atoms with van der Waals surface area (Å²) in [5.41, 5.74) is 0.677. The molecule has 0 bridgehead atoms. The zero-order valence-corrected chi connectivity index (χ0v) is 9.35. The van der Waals surface area contributed by atoms with Gasteiger partial charge in [0.15, 0.2) is 0 Å². The molecule has 1 aliphatic rings. The number of hydrogen-bond donors (Lipinski definition) is 0. The summed E-state index contributed by atoms with van der Waals surface area (Å²) in [4.78, 5) is 24.3. The van der Waals surface area contributed by atoms with E-state index in [0.29, 0.717) is 5.56 Å². The lowest BCUT2D eigenvalue weighted by Gasteiger charge is -2.16. The van der Waals surface area contributed by atoms with Crippen LogP contribution in [0.15, 0.2) is 24.3 Å². The van der Waals surface area contributed by atoms with Crippen molar-refractivity contribution in [1.29, 1.82) is 0 Å². The second-order valence-electron chi connectivity index (χ2n) is 3.88. The van der Waals surface area contributed by atoms with Crippen LogP contribution in [-0.4, -0.2) is 30.1 Å². The molecule has 0 unspecified atom stereocenters. The number of amides is 2. The Balaban J connectivity index is 2.14. The van der Waals surface area contributed by atoms with Gasteiger partial charge in [0, 0.05) is 0 Å². The minimum absolute atomic E-state index is 0.237. The number of nitrogens with zero attached hydrogens (tertiary/aromatic N) is 1. The van der Waals surface area contributed by atoms with Crippen molar-refractivity contribution >= 4 is 12.0 Å². The number of benzene rings is 1. The van der Waals surface area contributed by atoms with Gasteiger partial charge in [0.1, 0.15) is 12.4 Å². The van der Waals surface area contributed by atoms with Crippen molar-refractivity contribution in [3.05, 3.63) is 35.6 Å². The summed E-state index contributed by atoms with van der Waals surface area (Å²) in [6, 6.07) is 5.67. The Hall–Kier alpha value is -1.91. The third-order valence-electron chi connectivity index (χ3n) is 2.77. The Morgan fingerprint density at radius 2 is 2.06 bits per heavy atom. The molecule has 0 saturated carbocycles. The normalized spacial score (nSPS) is 16.8. The molecular weight excluding hydrogens is 225 g/mol. The van der Waals surface area contributed by atoms with E-state index < -0.39 is 12.0 Å². The van der Waals surface area contributed by atoms with Gasteiger partial charge in [0.05, 0.1) is 12.5 Å². The van der Waals surface area contributed by atoms with Crippen LogP contribution < -0.4 is 0 Å². The summed E-state index contributed by atoms with van der Waals surface area (Å²) in [7, 11) is 0. The third-order valence-corrected chi connectivity index (χ3v) is 2.77. The van der Waals surface area contributed by atoms with Crippen molar-refractivity contribution in [3.8, 4) is 0 Å². The molecule has 1 aliphatic heterocycles.